The van der Waals surface area contributed by atoms with Crippen LogP contribution in [0.3, 0.4) is 0 Å². The molecule has 26 heavy (non-hydrogen) atoms. The summed E-state index contributed by atoms with van der Waals surface area (Å²) in [4.78, 5) is 4.42. The van der Waals surface area contributed by atoms with Crippen LogP contribution in [0.5, 0.6) is 5.75 Å². The van der Waals surface area contributed by atoms with E-state index in [9.17, 15) is 0 Å². The molecule has 0 saturated carbocycles. The number of aromatic nitrogens is 2. The van der Waals surface area contributed by atoms with Crippen LogP contribution < -0.4 is 10.1 Å². The van der Waals surface area contributed by atoms with Crippen molar-refractivity contribution in [2.45, 2.75) is 32.4 Å². The minimum atomic E-state index is -0.297. The van der Waals surface area contributed by atoms with E-state index in [1.165, 1.54) is 5.56 Å². The van der Waals surface area contributed by atoms with Gasteiger partial charge in [0.05, 0.1) is 0 Å². The quantitative estimate of drug-likeness (QED) is 0.663. The van der Waals surface area contributed by atoms with Gasteiger partial charge in [-0.15, -0.1) is 12.4 Å². The maximum absolute atomic E-state index is 5.92. The van der Waals surface area contributed by atoms with Gasteiger partial charge in [-0.3, -0.25) is 0 Å². The van der Waals surface area contributed by atoms with Gasteiger partial charge in [0, 0.05) is 12.5 Å². The number of rotatable bonds is 7. The van der Waals surface area contributed by atoms with Crippen LogP contribution >= 0.6 is 12.4 Å². The molecular formula is C20H24ClN3O2. The third-order valence-corrected chi connectivity index (χ3v) is 4.09. The number of nitrogens with zero attached hydrogens (tertiary/aromatic N) is 2. The van der Waals surface area contributed by atoms with Crippen LogP contribution in [-0.2, 0) is 6.42 Å². The first-order valence-corrected chi connectivity index (χ1v) is 8.47. The Kier molecular flexibility index (Phi) is 7.18. The van der Waals surface area contributed by atoms with Gasteiger partial charge in [-0.2, -0.15) is 4.98 Å². The molecule has 3 rings (SSSR count). The Morgan fingerprint density at radius 3 is 2.31 bits per heavy atom. The number of halogens is 1. The van der Waals surface area contributed by atoms with Crippen LogP contribution in [0.4, 0.5) is 0 Å². The van der Waals surface area contributed by atoms with E-state index in [0.717, 1.165) is 17.7 Å². The monoisotopic (exact) mass is 373 g/mol. The topological polar surface area (TPSA) is 60.2 Å². The highest BCUT2D eigenvalue weighted by Gasteiger charge is 2.17. The van der Waals surface area contributed by atoms with Crippen LogP contribution in [0.15, 0.2) is 59.1 Å². The standard InChI is InChI=1S/C20H23N3O2.ClH/c1-14(21-3)13-19-22-20(25-23-19)15(2)24-18-11-9-17(10-12-18)16-7-5-4-6-8-16;/h4-12,14-15,21H,13H2,1-3H3;1H. The Hall–Kier alpha value is -2.37. The molecule has 0 spiro atoms. The number of hydrogen-bond acceptors (Lipinski definition) is 5. The van der Waals surface area contributed by atoms with Crippen molar-refractivity contribution in [3.63, 3.8) is 0 Å². The number of ether oxygens (including phenoxy) is 1. The SMILES string of the molecule is CNC(C)Cc1noc(C(C)Oc2ccc(-c3ccccc3)cc2)n1.Cl. The largest absolute Gasteiger partial charge is 0.481 e. The van der Waals surface area contributed by atoms with E-state index in [4.69, 9.17) is 9.26 Å². The Bertz CT molecular complexity index is 790. The van der Waals surface area contributed by atoms with E-state index < -0.39 is 0 Å². The van der Waals surface area contributed by atoms with E-state index in [-0.39, 0.29) is 18.5 Å². The highest BCUT2D eigenvalue weighted by molar-refractivity contribution is 5.85. The van der Waals surface area contributed by atoms with Crippen molar-refractivity contribution in [2.24, 2.45) is 0 Å². The van der Waals surface area contributed by atoms with E-state index in [2.05, 4.69) is 34.5 Å². The summed E-state index contributed by atoms with van der Waals surface area (Å²) in [6.07, 6.45) is 0.423. The molecular weight excluding hydrogens is 350 g/mol. The molecule has 138 valence electrons. The summed E-state index contributed by atoms with van der Waals surface area (Å²) in [5.41, 5.74) is 2.34. The second kappa shape index (κ2) is 9.36. The Balaban J connectivity index is 0.00000243. The van der Waals surface area contributed by atoms with Gasteiger partial charge in [-0.25, -0.2) is 0 Å². The summed E-state index contributed by atoms with van der Waals surface area (Å²) in [5.74, 6) is 1.95. The molecule has 1 N–H and O–H groups in total. The fourth-order valence-corrected chi connectivity index (χ4v) is 2.50. The first-order valence-electron chi connectivity index (χ1n) is 8.47. The normalized spacial score (nSPS) is 12.9. The predicted octanol–water partition coefficient (Wildman–Crippen LogP) is 4.45. The van der Waals surface area contributed by atoms with Crippen LogP contribution in [-0.4, -0.2) is 23.2 Å². The zero-order valence-electron chi connectivity index (χ0n) is 15.2. The molecule has 0 bridgehead atoms. The lowest BCUT2D eigenvalue weighted by Gasteiger charge is -2.11. The summed E-state index contributed by atoms with van der Waals surface area (Å²) in [6.45, 7) is 3.98. The lowest BCUT2D eigenvalue weighted by molar-refractivity contribution is 0.175. The molecule has 5 nitrogen and oxygen atoms in total. The van der Waals surface area contributed by atoms with E-state index in [1.54, 1.807) is 0 Å². The molecule has 6 heteroatoms. The minimum absolute atomic E-state index is 0. The summed E-state index contributed by atoms with van der Waals surface area (Å²) in [7, 11) is 1.91. The van der Waals surface area contributed by atoms with Crippen LogP contribution in [0.1, 0.15) is 31.7 Å². The number of nitrogens with one attached hydrogen (secondary N) is 1. The zero-order chi connectivity index (χ0) is 17.6. The lowest BCUT2D eigenvalue weighted by Crippen LogP contribution is -2.24. The van der Waals surface area contributed by atoms with Gasteiger partial charge in [0.15, 0.2) is 11.9 Å². The Labute approximate surface area is 160 Å². The Morgan fingerprint density at radius 1 is 1.00 bits per heavy atom. The molecule has 1 heterocycles. The van der Waals surface area contributed by atoms with Gasteiger partial charge >= 0.3 is 0 Å². The molecule has 3 aromatic rings. The summed E-state index contributed by atoms with van der Waals surface area (Å²) >= 11 is 0. The maximum Gasteiger partial charge on any atom is 0.267 e. The van der Waals surface area contributed by atoms with Gasteiger partial charge < -0.3 is 14.6 Å². The average molecular weight is 374 g/mol. The van der Waals surface area contributed by atoms with Gasteiger partial charge in [0.25, 0.3) is 5.89 Å². The zero-order valence-corrected chi connectivity index (χ0v) is 16.0. The van der Waals surface area contributed by atoms with E-state index >= 15 is 0 Å². The fraction of sp³-hybridized carbons (Fsp3) is 0.300. The van der Waals surface area contributed by atoms with Crippen LogP contribution in [0, 0.1) is 0 Å². The highest BCUT2D eigenvalue weighted by Crippen LogP contribution is 2.25. The van der Waals surface area contributed by atoms with Crippen molar-refractivity contribution >= 4 is 12.4 Å². The second-order valence-electron chi connectivity index (χ2n) is 6.09. The summed E-state index contributed by atoms with van der Waals surface area (Å²) in [5, 5.41) is 7.17. The Morgan fingerprint density at radius 2 is 1.65 bits per heavy atom. The first kappa shape index (κ1) is 19.9. The number of hydrogen-bond donors (Lipinski definition) is 1. The predicted molar refractivity (Wildman–Crippen MR) is 105 cm³/mol. The first-order chi connectivity index (χ1) is 12.2. The van der Waals surface area contributed by atoms with Crippen molar-refractivity contribution in [2.75, 3.05) is 7.05 Å². The molecule has 0 saturated heterocycles. The third-order valence-electron chi connectivity index (χ3n) is 4.09. The second-order valence-corrected chi connectivity index (χ2v) is 6.09. The van der Waals surface area contributed by atoms with Crippen LogP contribution in [0.2, 0.25) is 0 Å². The number of likely N-dealkylation sites (N-methyl/N-ethyl adjacent to an activating group) is 1. The minimum Gasteiger partial charge on any atom is -0.481 e. The van der Waals surface area contributed by atoms with Gasteiger partial charge in [0.1, 0.15) is 5.75 Å². The van der Waals surface area contributed by atoms with Crippen molar-refractivity contribution in [3.05, 3.63) is 66.3 Å². The molecule has 0 aliphatic rings. The van der Waals surface area contributed by atoms with Gasteiger partial charge in [-0.05, 0) is 44.2 Å². The molecule has 0 radical (unpaired) electrons. The molecule has 2 aromatic carbocycles. The molecule has 1 aromatic heterocycles. The molecule has 0 aliphatic carbocycles. The van der Waals surface area contributed by atoms with E-state index in [0.29, 0.717) is 17.8 Å². The molecule has 0 fully saturated rings. The van der Waals surface area contributed by atoms with Crippen LogP contribution in [0.25, 0.3) is 11.1 Å². The van der Waals surface area contributed by atoms with Crippen molar-refractivity contribution in [3.8, 4) is 16.9 Å². The molecule has 0 amide bonds. The average Bonchev–Trinajstić information content (AvgIpc) is 3.11. The van der Waals surface area contributed by atoms with Gasteiger partial charge in [-0.1, -0.05) is 47.6 Å². The highest BCUT2D eigenvalue weighted by atomic mass is 35.5. The molecule has 2 unspecified atom stereocenters. The van der Waals surface area contributed by atoms with Gasteiger partial charge in [0.2, 0.25) is 0 Å². The van der Waals surface area contributed by atoms with E-state index in [1.807, 2.05) is 56.4 Å². The summed E-state index contributed by atoms with van der Waals surface area (Å²) < 4.78 is 11.2. The lowest BCUT2D eigenvalue weighted by atomic mass is 10.1. The fourth-order valence-electron chi connectivity index (χ4n) is 2.50. The smallest absolute Gasteiger partial charge is 0.267 e. The number of benzene rings is 2. The summed E-state index contributed by atoms with van der Waals surface area (Å²) in [6, 6.07) is 18.6. The van der Waals surface area contributed by atoms with Crippen molar-refractivity contribution in [1.82, 2.24) is 15.5 Å². The molecule has 2 atom stereocenters. The third kappa shape index (κ3) is 5.07. The maximum atomic E-state index is 5.92. The van der Waals surface area contributed by atoms with Crippen molar-refractivity contribution < 1.29 is 9.26 Å². The molecule has 0 aliphatic heterocycles. The van der Waals surface area contributed by atoms with Crippen molar-refractivity contribution in [1.29, 1.82) is 0 Å².